The zero-order valence-corrected chi connectivity index (χ0v) is 11.4. The Balaban J connectivity index is 2.02. The lowest BCUT2D eigenvalue weighted by atomic mass is 10.2. The molecule has 2 aromatic rings. The quantitative estimate of drug-likeness (QED) is 0.597. The minimum atomic E-state index is -0.461. The average molecular weight is 285 g/mol. The normalized spacial score (nSPS) is 9.76. The third-order valence-corrected chi connectivity index (χ3v) is 2.71. The van der Waals surface area contributed by atoms with E-state index in [0.717, 1.165) is 0 Å². The Hall–Kier alpha value is -3.02. The van der Waals surface area contributed by atoms with Crippen LogP contribution in [0, 0.1) is 0 Å². The summed E-state index contributed by atoms with van der Waals surface area (Å²) < 4.78 is 4.62. The van der Waals surface area contributed by atoms with Crippen LogP contribution in [0.3, 0.4) is 0 Å². The van der Waals surface area contributed by atoms with Gasteiger partial charge in [-0.05, 0) is 42.5 Å². The predicted molar refractivity (Wildman–Crippen MR) is 81.3 cm³/mol. The van der Waals surface area contributed by atoms with Crippen LogP contribution in [-0.2, 0) is 4.74 Å². The molecule has 0 aliphatic carbocycles. The maximum atomic E-state index is 11.8. The van der Waals surface area contributed by atoms with Gasteiger partial charge >= 0.3 is 12.0 Å². The number of urea groups is 1. The number of rotatable bonds is 3. The summed E-state index contributed by atoms with van der Waals surface area (Å²) >= 11 is 0. The van der Waals surface area contributed by atoms with Gasteiger partial charge in [0.15, 0.2) is 0 Å². The third-order valence-electron chi connectivity index (χ3n) is 2.71. The van der Waals surface area contributed by atoms with Gasteiger partial charge < -0.3 is 21.1 Å². The number of carbonyl (C=O) groups is 2. The second-order valence-electron chi connectivity index (χ2n) is 4.27. The molecule has 6 nitrogen and oxygen atoms in total. The maximum absolute atomic E-state index is 11.8. The molecule has 0 atom stereocenters. The first-order valence-electron chi connectivity index (χ1n) is 6.20. The standard InChI is InChI=1S/C15H15N3O3/c1-21-14(19)10-3-2-4-13(9-10)18-15(20)17-12-7-5-11(16)6-8-12/h2-9H,16H2,1H3,(H2,17,18,20). The number of benzene rings is 2. The minimum Gasteiger partial charge on any atom is -0.465 e. The van der Waals surface area contributed by atoms with Crippen molar-refractivity contribution in [2.45, 2.75) is 0 Å². The number of methoxy groups -OCH3 is 1. The average Bonchev–Trinajstić information content (AvgIpc) is 2.49. The Morgan fingerprint density at radius 1 is 1.00 bits per heavy atom. The Labute approximate surface area is 121 Å². The molecule has 108 valence electrons. The van der Waals surface area contributed by atoms with Crippen molar-refractivity contribution in [1.29, 1.82) is 0 Å². The molecule has 0 unspecified atom stereocenters. The van der Waals surface area contributed by atoms with Crippen LogP contribution in [0.15, 0.2) is 48.5 Å². The highest BCUT2D eigenvalue weighted by Gasteiger charge is 2.07. The van der Waals surface area contributed by atoms with E-state index in [1.165, 1.54) is 13.2 Å². The molecule has 0 bridgehead atoms. The van der Waals surface area contributed by atoms with E-state index in [1.54, 1.807) is 42.5 Å². The number of hydrogen-bond donors (Lipinski definition) is 3. The van der Waals surface area contributed by atoms with E-state index in [0.29, 0.717) is 22.6 Å². The van der Waals surface area contributed by atoms with Crippen molar-refractivity contribution in [3.63, 3.8) is 0 Å². The van der Waals surface area contributed by atoms with Crippen LogP contribution in [0.25, 0.3) is 0 Å². The van der Waals surface area contributed by atoms with Gasteiger partial charge in [-0.25, -0.2) is 9.59 Å². The van der Waals surface area contributed by atoms with Gasteiger partial charge in [-0.15, -0.1) is 0 Å². The first kappa shape index (κ1) is 14.4. The smallest absolute Gasteiger partial charge is 0.337 e. The van der Waals surface area contributed by atoms with Gasteiger partial charge in [0.25, 0.3) is 0 Å². The van der Waals surface area contributed by atoms with E-state index in [1.807, 2.05) is 0 Å². The number of carbonyl (C=O) groups excluding carboxylic acids is 2. The Kier molecular flexibility index (Phi) is 4.40. The van der Waals surface area contributed by atoms with Gasteiger partial charge in [0.05, 0.1) is 12.7 Å². The summed E-state index contributed by atoms with van der Waals surface area (Å²) in [7, 11) is 1.30. The van der Waals surface area contributed by atoms with E-state index in [-0.39, 0.29) is 0 Å². The minimum absolute atomic E-state index is 0.364. The second kappa shape index (κ2) is 6.42. The molecule has 21 heavy (non-hydrogen) atoms. The number of nitrogen functional groups attached to an aromatic ring is 1. The van der Waals surface area contributed by atoms with Crippen molar-refractivity contribution < 1.29 is 14.3 Å². The fourth-order valence-electron chi connectivity index (χ4n) is 1.70. The molecule has 0 aliphatic heterocycles. The van der Waals surface area contributed by atoms with Gasteiger partial charge in [0.1, 0.15) is 0 Å². The number of nitrogens with two attached hydrogens (primary N) is 1. The predicted octanol–water partition coefficient (Wildman–Crippen LogP) is 2.70. The molecule has 0 radical (unpaired) electrons. The fourth-order valence-corrected chi connectivity index (χ4v) is 1.70. The molecule has 0 spiro atoms. The molecule has 2 amide bonds. The highest BCUT2D eigenvalue weighted by atomic mass is 16.5. The van der Waals surface area contributed by atoms with Crippen molar-refractivity contribution >= 4 is 29.1 Å². The molecule has 0 saturated heterocycles. The molecular formula is C15H15N3O3. The molecule has 0 fully saturated rings. The highest BCUT2D eigenvalue weighted by molar-refractivity contribution is 6.00. The van der Waals surface area contributed by atoms with E-state index >= 15 is 0 Å². The molecule has 2 aromatic carbocycles. The lowest BCUT2D eigenvalue weighted by Crippen LogP contribution is -2.19. The monoisotopic (exact) mass is 285 g/mol. The van der Waals surface area contributed by atoms with Crippen molar-refractivity contribution in [3.8, 4) is 0 Å². The van der Waals surface area contributed by atoms with Crippen LogP contribution in [-0.4, -0.2) is 19.1 Å². The third kappa shape index (κ3) is 3.97. The first-order chi connectivity index (χ1) is 10.1. The molecule has 0 heterocycles. The Morgan fingerprint density at radius 3 is 2.33 bits per heavy atom. The van der Waals surface area contributed by atoms with E-state index in [9.17, 15) is 9.59 Å². The lowest BCUT2D eigenvalue weighted by molar-refractivity contribution is 0.0600. The molecule has 0 aliphatic rings. The molecule has 2 rings (SSSR count). The summed E-state index contributed by atoms with van der Waals surface area (Å²) in [4.78, 5) is 23.3. The zero-order chi connectivity index (χ0) is 15.2. The summed E-state index contributed by atoms with van der Waals surface area (Å²) in [6.07, 6.45) is 0. The van der Waals surface area contributed by atoms with Crippen LogP contribution in [0.5, 0.6) is 0 Å². The number of ether oxygens (including phenoxy) is 1. The number of anilines is 3. The SMILES string of the molecule is COC(=O)c1cccc(NC(=O)Nc2ccc(N)cc2)c1. The molecule has 0 aromatic heterocycles. The van der Waals surface area contributed by atoms with Crippen molar-refractivity contribution in [2.75, 3.05) is 23.5 Å². The topological polar surface area (TPSA) is 93.4 Å². The van der Waals surface area contributed by atoms with Crippen molar-refractivity contribution in [1.82, 2.24) is 0 Å². The highest BCUT2D eigenvalue weighted by Crippen LogP contribution is 2.14. The summed E-state index contributed by atoms with van der Waals surface area (Å²) in [6, 6.07) is 12.8. The summed E-state index contributed by atoms with van der Waals surface area (Å²) in [5.41, 5.74) is 7.66. The maximum Gasteiger partial charge on any atom is 0.337 e. The fraction of sp³-hybridized carbons (Fsp3) is 0.0667. The van der Waals surface area contributed by atoms with Crippen LogP contribution < -0.4 is 16.4 Å². The van der Waals surface area contributed by atoms with Crippen LogP contribution >= 0.6 is 0 Å². The number of amides is 2. The van der Waals surface area contributed by atoms with Gasteiger partial charge in [0, 0.05) is 17.1 Å². The van der Waals surface area contributed by atoms with Gasteiger partial charge in [-0.2, -0.15) is 0 Å². The number of nitrogens with one attached hydrogen (secondary N) is 2. The van der Waals surface area contributed by atoms with Crippen LogP contribution in [0.2, 0.25) is 0 Å². The van der Waals surface area contributed by atoms with Gasteiger partial charge in [-0.1, -0.05) is 6.07 Å². The summed E-state index contributed by atoms with van der Waals surface area (Å²) in [5, 5.41) is 5.29. The first-order valence-corrected chi connectivity index (χ1v) is 6.20. The van der Waals surface area contributed by atoms with Gasteiger partial charge in [-0.3, -0.25) is 0 Å². The van der Waals surface area contributed by atoms with Gasteiger partial charge in [0.2, 0.25) is 0 Å². The summed E-state index contributed by atoms with van der Waals surface area (Å²) in [5.74, 6) is -0.461. The number of hydrogen-bond acceptors (Lipinski definition) is 4. The lowest BCUT2D eigenvalue weighted by Gasteiger charge is -2.08. The van der Waals surface area contributed by atoms with E-state index in [2.05, 4.69) is 15.4 Å². The largest absolute Gasteiger partial charge is 0.465 e. The Morgan fingerprint density at radius 2 is 1.67 bits per heavy atom. The molecule has 4 N–H and O–H groups in total. The molecular weight excluding hydrogens is 270 g/mol. The van der Waals surface area contributed by atoms with E-state index < -0.39 is 12.0 Å². The zero-order valence-electron chi connectivity index (χ0n) is 11.4. The molecule has 6 heteroatoms. The second-order valence-corrected chi connectivity index (χ2v) is 4.27. The van der Waals surface area contributed by atoms with Crippen molar-refractivity contribution in [3.05, 3.63) is 54.1 Å². The van der Waals surface area contributed by atoms with E-state index in [4.69, 9.17) is 5.73 Å². The van der Waals surface area contributed by atoms with Crippen LogP contribution in [0.4, 0.5) is 21.9 Å². The van der Waals surface area contributed by atoms with Crippen molar-refractivity contribution in [2.24, 2.45) is 0 Å². The van der Waals surface area contributed by atoms with Crippen LogP contribution in [0.1, 0.15) is 10.4 Å². The Bertz CT molecular complexity index is 653. The molecule has 0 saturated carbocycles. The summed E-state index contributed by atoms with van der Waals surface area (Å²) in [6.45, 7) is 0. The number of esters is 1.